The van der Waals surface area contributed by atoms with Gasteiger partial charge in [0.2, 0.25) is 0 Å². The molecule has 0 aliphatic heterocycles. The Bertz CT molecular complexity index is 384. The highest BCUT2D eigenvalue weighted by Crippen LogP contribution is 2.25. The number of carbonyl (C=O) groups is 1. The molecule has 5 heteroatoms. The Morgan fingerprint density at radius 1 is 1.62 bits per heavy atom. The zero-order valence-corrected chi connectivity index (χ0v) is 10.7. The molecule has 1 N–H and O–H groups in total. The molecule has 0 saturated carbocycles. The first kappa shape index (κ1) is 13.1. The maximum atomic E-state index is 12.9. The molecule has 1 aromatic rings. The normalized spacial score (nSPS) is 12.2. The summed E-state index contributed by atoms with van der Waals surface area (Å²) in [6, 6.07) is 3.59. The highest BCUT2D eigenvalue weighted by atomic mass is 79.9. The summed E-state index contributed by atoms with van der Waals surface area (Å²) in [5.41, 5.74) is 0.655. The topological polar surface area (TPSA) is 38.3 Å². The van der Waals surface area contributed by atoms with Crippen molar-refractivity contribution >= 4 is 21.9 Å². The van der Waals surface area contributed by atoms with Crippen molar-refractivity contribution in [1.82, 2.24) is 5.32 Å². The van der Waals surface area contributed by atoms with Crippen LogP contribution in [0.4, 0.5) is 4.39 Å². The first-order chi connectivity index (χ1) is 7.60. The maximum absolute atomic E-state index is 12.9. The van der Waals surface area contributed by atoms with Crippen molar-refractivity contribution in [3.63, 3.8) is 0 Å². The molecular formula is C11H13BrFNO2. The van der Waals surface area contributed by atoms with Gasteiger partial charge in [0.15, 0.2) is 0 Å². The Labute approximate surface area is 102 Å². The van der Waals surface area contributed by atoms with Crippen LogP contribution in [0, 0.1) is 5.82 Å². The Morgan fingerprint density at radius 3 is 2.81 bits per heavy atom. The first-order valence-corrected chi connectivity index (χ1v) is 5.68. The molecule has 3 nitrogen and oxygen atoms in total. The third-order valence-corrected chi connectivity index (χ3v) is 2.77. The van der Waals surface area contributed by atoms with Gasteiger partial charge in [-0.15, -0.1) is 0 Å². The second kappa shape index (κ2) is 5.96. The quantitative estimate of drug-likeness (QED) is 0.865. The number of hydrogen-bond acceptors (Lipinski definition) is 3. The van der Waals surface area contributed by atoms with Crippen LogP contribution in [0.5, 0.6) is 0 Å². The third-order valence-electron chi connectivity index (χ3n) is 2.08. The van der Waals surface area contributed by atoms with Crippen molar-refractivity contribution in [2.45, 2.75) is 13.0 Å². The third kappa shape index (κ3) is 3.02. The highest BCUT2D eigenvalue weighted by Gasteiger charge is 2.22. The van der Waals surface area contributed by atoms with Gasteiger partial charge in [-0.25, -0.2) is 9.18 Å². The van der Waals surface area contributed by atoms with E-state index >= 15 is 0 Å². The van der Waals surface area contributed by atoms with Crippen LogP contribution in [-0.2, 0) is 9.53 Å². The smallest absolute Gasteiger partial charge is 0.327 e. The number of hydrogen-bond donors (Lipinski definition) is 1. The summed E-state index contributed by atoms with van der Waals surface area (Å²) >= 11 is 3.22. The molecule has 1 atom stereocenters. The number of benzene rings is 1. The SMILES string of the molecule is CCOC(=O)C(NC)c1ccc(F)cc1Br. The van der Waals surface area contributed by atoms with Gasteiger partial charge in [-0.05, 0) is 31.7 Å². The van der Waals surface area contributed by atoms with Crippen molar-refractivity contribution in [1.29, 1.82) is 0 Å². The number of esters is 1. The summed E-state index contributed by atoms with van der Waals surface area (Å²) in [5, 5.41) is 2.84. The van der Waals surface area contributed by atoms with E-state index in [2.05, 4.69) is 21.2 Å². The molecule has 1 unspecified atom stereocenters. The average Bonchev–Trinajstić information content (AvgIpc) is 2.22. The second-order valence-electron chi connectivity index (χ2n) is 3.14. The van der Waals surface area contributed by atoms with Crippen molar-refractivity contribution < 1.29 is 13.9 Å². The van der Waals surface area contributed by atoms with Crippen LogP contribution in [-0.4, -0.2) is 19.6 Å². The number of ether oxygens (including phenoxy) is 1. The highest BCUT2D eigenvalue weighted by molar-refractivity contribution is 9.10. The fraction of sp³-hybridized carbons (Fsp3) is 0.364. The summed E-state index contributed by atoms with van der Waals surface area (Å²) in [6.45, 7) is 2.06. The van der Waals surface area contributed by atoms with Crippen molar-refractivity contribution in [2.24, 2.45) is 0 Å². The molecule has 1 aromatic carbocycles. The Balaban J connectivity index is 2.99. The lowest BCUT2D eigenvalue weighted by Gasteiger charge is -2.16. The fourth-order valence-electron chi connectivity index (χ4n) is 1.36. The van der Waals surface area contributed by atoms with E-state index in [4.69, 9.17) is 4.74 Å². The van der Waals surface area contributed by atoms with Crippen LogP contribution in [0.25, 0.3) is 0 Å². The standard InChI is InChI=1S/C11H13BrFNO2/c1-3-16-11(15)10(14-2)8-5-4-7(13)6-9(8)12/h4-6,10,14H,3H2,1-2H3. The summed E-state index contributed by atoms with van der Waals surface area (Å²) in [7, 11) is 1.65. The molecule has 0 saturated heterocycles. The summed E-state index contributed by atoms with van der Waals surface area (Å²) < 4.78 is 18.4. The van der Waals surface area contributed by atoms with Gasteiger partial charge in [-0.2, -0.15) is 0 Å². The minimum absolute atomic E-state index is 0.315. The largest absolute Gasteiger partial charge is 0.465 e. The Morgan fingerprint density at radius 2 is 2.31 bits per heavy atom. The van der Waals surface area contributed by atoms with Crippen LogP contribution in [0.15, 0.2) is 22.7 Å². The summed E-state index contributed by atoms with van der Waals surface area (Å²) in [5.74, 6) is -0.730. The number of likely N-dealkylation sites (N-methyl/N-ethyl adjacent to an activating group) is 1. The van der Waals surface area contributed by atoms with E-state index in [0.29, 0.717) is 16.6 Å². The molecule has 16 heavy (non-hydrogen) atoms. The molecule has 0 heterocycles. The second-order valence-corrected chi connectivity index (χ2v) is 3.99. The molecule has 0 bridgehead atoms. The minimum atomic E-state index is -0.588. The first-order valence-electron chi connectivity index (χ1n) is 4.89. The van der Waals surface area contributed by atoms with E-state index in [1.54, 1.807) is 20.0 Å². The predicted octanol–water partition coefficient (Wildman–Crippen LogP) is 2.41. The van der Waals surface area contributed by atoms with E-state index in [9.17, 15) is 9.18 Å². The molecule has 0 aromatic heterocycles. The lowest BCUT2D eigenvalue weighted by Crippen LogP contribution is -2.27. The number of nitrogens with one attached hydrogen (secondary N) is 1. The van der Waals surface area contributed by atoms with Crippen molar-refractivity contribution in [2.75, 3.05) is 13.7 Å². The molecule has 1 rings (SSSR count). The van der Waals surface area contributed by atoms with Gasteiger partial charge in [-0.1, -0.05) is 22.0 Å². The monoisotopic (exact) mass is 289 g/mol. The van der Waals surface area contributed by atoms with Gasteiger partial charge in [0.25, 0.3) is 0 Å². The van der Waals surface area contributed by atoms with Crippen LogP contribution in [0.2, 0.25) is 0 Å². The summed E-state index contributed by atoms with van der Waals surface area (Å²) in [4.78, 5) is 11.6. The average molecular weight is 290 g/mol. The van der Waals surface area contributed by atoms with E-state index in [1.165, 1.54) is 12.1 Å². The van der Waals surface area contributed by atoms with Crippen molar-refractivity contribution in [3.8, 4) is 0 Å². The molecule has 0 aliphatic carbocycles. The molecule has 88 valence electrons. The van der Waals surface area contributed by atoms with Gasteiger partial charge < -0.3 is 10.1 Å². The zero-order valence-electron chi connectivity index (χ0n) is 9.09. The zero-order chi connectivity index (χ0) is 12.1. The molecule has 0 aliphatic rings. The number of carbonyl (C=O) groups excluding carboxylic acids is 1. The maximum Gasteiger partial charge on any atom is 0.327 e. The van der Waals surface area contributed by atoms with Gasteiger partial charge in [0, 0.05) is 4.47 Å². The van der Waals surface area contributed by atoms with E-state index in [0.717, 1.165) is 0 Å². The molecule has 0 fully saturated rings. The van der Waals surface area contributed by atoms with Crippen molar-refractivity contribution in [3.05, 3.63) is 34.1 Å². The number of rotatable bonds is 4. The van der Waals surface area contributed by atoms with Gasteiger partial charge in [-0.3, -0.25) is 0 Å². The van der Waals surface area contributed by atoms with E-state index < -0.39 is 6.04 Å². The molecule has 0 amide bonds. The van der Waals surface area contributed by atoms with Crippen LogP contribution in [0.1, 0.15) is 18.5 Å². The van der Waals surface area contributed by atoms with Gasteiger partial charge in [0.05, 0.1) is 6.61 Å². The van der Waals surface area contributed by atoms with Crippen LogP contribution >= 0.6 is 15.9 Å². The lowest BCUT2D eigenvalue weighted by atomic mass is 10.1. The molecule has 0 radical (unpaired) electrons. The molecule has 0 spiro atoms. The van der Waals surface area contributed by atoms with Crippen LogP contribution < -0.4 is 5.32 Å². The van der Waals surface area contributed by atoms with E-state index in [-0.39, 0.29) is 11.8 Å². The van der Waals surface area contributed by atoms with Crippen LogP contribution in [0.3, 0.4) is 0 Å². The Kier molecular flexibility index (Phi) is 4.89. The fourth-order valence-corrected chi connectivity index (χ4v) is 1.94. The minimum Gasteiger partial charge on any atom is -0.465 e. The van der Waals surface area contributed by atoms with Gasteiger partial charge >= 0.3 is 5.97 Å². The van der Waals surface area contributed by atoms with E-state index in [1.807, 2.05) is 0 Å². The summed E-state index contributed by atoms with van der Waals surface area (Å²) in [6.07, 6.45) is 0. The predicted molar refractivity (Wildman–Crippen MR) is 62.5 cm³/mol. The Hall–Kier alpha value is -0.940. The number of halogens is 2. The molecular weight excluding hydrogens is 277 g/mol. The van der Waals surface area contributed by atoms with Gasteiger partial charge in [0.1, 0.15) is 11.9 Å². The lowest BCUT2D eigenvalue weighted by molar-refractivity contribution is -0.145.